The minimum atomic E-state index is -3.82. The molecule has 2 aromatic carbocycles. The fourth-order valence-electron chi connectivity index (χ4n) is 1.89. The van der Waals surface area contributed by atoms with E-state index in [4.69, 9.17) is 23.2 Å². The van der Waals surface area contributed by atoms with Gasteiger partial charge in [0, 0.05) is 15.7 Å². The quantitative estimate of drug-likeness (QED) is 0.823. The van der Waals surface area contributed by atoms with Gasteiger partial charge in [0.1, 0.15) is 0 Å². The number of rotatable bonds is 5. The van der Waals surface area contributed by atoms with Crippen LogP contribution in [-0.2, 0) is 14.8 Å². The lowest BCUT2D eigenvalue weighted by Crippen LogP contribution is -2.41. The topological polar surface area (TPSA) is 75.3 Å². The van der Waals surface area contributed by atoms with E-state index in [1.54, 1.807) is 18.2 Å². The van der Waals surface area contributed by atoms with Crippen molar-refractivity contribution in [3.05, 3.63) is 58.1 Å². The molecule has 0 aliphatic rings. The molecular formula is C16H16Cl2N2O3S. The van der Waals surface area contributed by atoms with Crippen LogP contribution in [0.15, 0.2) is 47.4 Å². The summed E-state index contributed by atoms with van der Waals surface area (Å²) in [6, 6.07) is 9.77. The lowest BCUT2D eigenvalue weighted by atomic mass is 10.2. The number of sulfonamides is 1. The Morgan fingerprint density at radius 3 is 2.29 bits per heavy atom. The summed E-state index contributed by atoms with van der Waals surface area (Å²) >= 11 is 11.7. The van der Waals surface area contributed by atoms with E-state index in [0.717, 1.165) is 5.56 Å². The molecule has 0 aliphatic heterocycles. The van der Waals surface area contributed by atoms with Crippen LogP contribution in [0.3, 0.4) is 0 Å². The van der Waals surface area contributed by atoms with Crippen LogP contribution in [0.25, 0.3) is 0 Å². The standard InChI is InChI=1S/C16H16Cl2N2O3S/c1-10-3-6-13(9-15(10)18)19-16(21)11(2)20-24(22,23)14-7-4-12(17)5-8-14/h3-9,11,20H,1-2H3,(H,19,21)/t11-/m0/s1. The van der Waals surface area contributed by atoms with Gasteiger partial charge in [-0.25, -0.2) is 8.42 Å². The minimum absolute atomic E-state index is 0.0323. The minimum Gasteiger partial charge on any atom is -0.325 e. The lowest BCUT2D eigenvalue weighted by Gasteiger charge is -2.15. The highest BCUT2D eigenvalue weighted by Crippen LogP contribution is 2.20. The average Bonchev–Trinajstić information content (AvgIpc) is 2.51. The second-order valence-electron chi connectivity index (χ2n) is 5.25. The molecule has 8 heteroatoms. The predicted molar refractivity (Wildman–Crippen MR) is 96.1 cm³/mol. The second kappa shape index (κ2) is 7.53. The zero-order valence-corrected chi connectivity index (χ0v) is 15.3. The van der Waals surface area contributed by atoms with Gasteiger partial charge in [-0.2, -0.15) is 4.72 Å². The Kier molecular flexibility index (Phi) is 5.87. The van der Waals surface area contributed by atoms with Crippen LogP contribution in [0.1, 0.15) is 12.5 Å². The maximum absolute atomic E-state index is 12.3. The number of amides is 1. The summed E-state index contributed by atoms with van der Waals surface area (Å²) in [6.07, 6.45) is 0. The number of carbonyl (C=O) groups is 1. The predicted octanol–water partition coefficient (Wildman–Crippen LogP) is 3.61. The largest absolute Gasteiger partial charge is 0.325 e. The number of hydrogen-bond donors (Lipinski definition) is 2. The maximum atomic E-state index is 12.3. The molecule has 128 valence electrons. The molecule has 0 unspecified atom stereocenters. The fraction of sp³-hybridized carbons (Fsp3) is 0.188. The number of nitrogens with one attached hydrogen (secondary N) is 2. The van der Waals surface area contributed by atoms with Crippen LogP contribution in [-0.4, -0.2) is 20.4 Å². The Bertz CT molecular complexity index is 852. The Morgan fingerprint density at radius 2 is 1.71 bits per heavy atom. The van der Waals surface area contributed by atoms with Crippen molar-refractivity contribution < 1.29 is 13.2 Å². The number of anilines is 1. The molecule has 0 heterocycles. The number of aryl methyl sites for hydroxylation is 1. The maximum Gasteiger partial charge on any atom is 0.242 e. The molecule has 0 fully saturated rings. The molecule has 1 atom stereocenters. The van der Waals surface area contributed by atoms with Gasteiger partial charge < -0.3 is 5.32 Å². The second-order valence-corrected chi connectivity index (χ2v) is 7.81. The van der Waals surface area contributed by atoms with Gasteiger partial charge in [-0.15, -0.1) is 0 Å². The smallest absolute Gasteiger partial charge is 0.242 e. The normalized spacial score (nSPS) is 12.7. The van der Waals surface area contributed by atoms with E-state index in [9.17, 15) is 13.2 Å². The zero-order valence-electron chi connectivity index (χ0n) is 13.0. The first kappa shape index (κ1) is 18.7. The molecule has 0 aliphatic carbocycles. The third-order valence-electron chi connectivity index (χ3n) is 3.29. The molecule has 24 heavy (non-hydrogen) atoms. The summed E-state index contributed by atoms with van der Waals surface area (Å²) in [6.45, 7) is 3.30. The van der Waals surface area contributed by atoms with E-state index in [0.29, 0.717) is 15.7 Å². The SMILES string of the molecule is Cc1ccc(NC(=O)[C@H](C)NS(=O)(=O)c2ccc(Cl)cc2)cc1Cl. The van der Waals surface area contributed by atoms with Gasteiger partial charge in [0.15, 0.2) is 0 Å². The number of hydrogen-bond acceptors (Lipinski definition) is 3. The Balaban J connectivity index is 2.07. The van der Waals surface area contributed by atoms with Crippen LogP contribution in [0, 0.1) is 6.92 Å². The molecular weight excluding hydrogens is 371 g/mol. The highest BCUT2D eigenvalue weighted by atomic mass is 35.5. The summed E-state index contributed by atoms with van der Waals surface area (Å²) < 4.78 is 26.8. The Hall–Kier alpha value is -1.60. The van der Waals surface area contributed by atoms with Gasteiger partial charge in [-0.05, 0) is 55.8 Å². The first-order valence-corrected chi connectivity index (χ1v) is 9.28. The summed E-state index contributed by atoms with van der Waals surface area (Å²) in [7, 11) is -3.82. The van der Waals surface area contributed by atoms with Gasteiger partial charge in [0.05, 0.1) is 10.9 Å². The zero-order chi connectivity index (χ0) is 17.9. The molecule has 0 aromatic heterocycles. The van der Waals surface area contributed by atoms with Gasteiger partial charge in [0.25, 0.3) is 0 Å². The van der Waals surface area contributed by atoms with Gasteiger partial charge in [-0.3, -0.25) is 4.79 Å². The van der Waals surface area contributed by atoms with Crippen molar-refractivity contribution in [3.63, 3.8) is 0 Å². The third-order valence-corrected chi connectivity index (χ3v) is 5.50. The van der Waals surface area contributed by atoms with E-state index in [-0.39, 0.29) is 4.90 Å². The monoisotopic (exact) mass is 386 g/mol. The van der Waals surface area contributed by atoms with Crippen molar-refractivity contribution in [3.8, 4) is 0 Å². The summed E-state index contributed by atoms with van der Waals surface area (Å²) in [5.74, 6) is -0.493. The van der Waals surface area contributed by atoms with Crippen molar-refractivity contribution in [1.82, 2.24) is 4.72 Å². The third kappa shape index (κ3) is 4.70. The van der Waals surface area contributed by atoms with Crippen LogP contribution in [0.2, 0.25) is 10.0 Å². The van der Waals surface area contributed by atoms with E-state index in [1.165, 1.54) is 31.2 Å². The van der Waals surface area contributed by atoms with Gasteiger partial charge in [-0.1, -0.05) is 29.3 Å². The van der Waals surface area contributed by atoms with Crippen molar-refractivity contribution in [2.75, 3.05) is 5.32 Å². The highest BCUT2D eigenvalue weighted by Gasteiger charge is 2.22. The van der Waals surface area contributed by atoms with Crippen molar-refractivity contribution in [2.24, 2.45) is 0 Å². The van der Waals surface area contributed by atoms with Crippen molar-refractivity contribution in [1.29, 1.82) is 0 Å². The lowest BCUT2D eigenvalue weighted by molar-refractivity contribution is -0.117. The van der Waals surface area contributed by atoms with Crippen LogP contribution in [0.5, 0.6) is 0 Å². The first-order valence-electron chi connectivity index (χ1n) is 7.04. The van der Waals surface area contributed by atoms with E-state index >= 15 is 0 Å². The van der Waals surface area contributed by atoms with E-state index < -0.39 is 22.0 Å². The van der Waals surface area contributed by atoms with Crippen LogP contribution in [0.4, 0.5) is 5.69 Å². The van der Waals surface area contributed by atoms with Crippen LogP contribution >= 0.6 is 23.2 Å². The molecule has 0 bridgehead atoms. The van der Waals surface area contributed by atoms with Crippen LogP contribution < -0.4 is 10.0 Å². The Labute approximate surface area is 151 Å². The summed E-state index contributed by atoms with van der Waals surface area (Å²) in [5.41, 5.74) is 1.37. The van der Waals surface area contributed by atoms with Crippen molar-refractivity contribution >= 4 is 44.8 Å². The molecule has 2 aromatic rings. The first-order chi connectivity index (χ1) is 11.2. The molecule has 5 nitrogen and oxygen atoms in total. The molecule has 2 N–H and O–H groups in total. The number of halogens is 2. The van der Waals surface area contributed by atoms with E-state index in [2.05, 4.69) is 10.0 Å². The fourth-order valence-corrected chi connectivity index (χ4v) is 3.40. The number of carbonyl (C=O) groups excluding carboxylic acids is 1. The summed E-state index contributed by atoms with van der Waals surface area (Å²) in [4.78, 5) is 12.2. The summed E-state index contributed by atoms with van der Waals surface area (Å²) in [5, 5.41) is 3.56. The number of benzene rings is 2. The van der Waals surface area contributed by atoms with E-state index in [1.807, 2.05) is 6.92 Å². The molecule has 0 saturated heterocycles. The average molecular weight is 387 g/mol. The molecule has 1 amide bonds. The highest BCUT2D eigenvalue weighted by molar-refractivity contribution is 7.89. The molecule has 0 radical (unpaired) electrons. The molecule has 0 saturated carbocycles. The van der Waals surface area contributed by atoms with Crippen molar-refractivity contribution in [2.45, 2.75) is 24.8 Å². The van der Waals surface area contributed by atoms with Gasteiger partial charge in [0.2, 0.25) is 15.9 Å². The molecule has 2 rings (SSSR count). The molecule has 0 spiro atoms. The Morgan fingerprint density at radius 1 is 1.08 bits per heavy atom. The van der Waals surface area contributed by atoms with Gasteiger partial charge >= 0.3 is 0 Å².